The van der Waals surface area contributed by atoms with Crippen LogP contribution >= 0.6 is 11.8 Å². The molecular formula is C14H13F2NS. The molecule has 4 heteroatoms. The minimum Gasteiger partial charge on any atom is -0.324 e. The highest BCUT2D eigenvalue weighted by Crippen LogP contribution is 2.30. The molecule has 0 saturated carbocycles. The highest BCUT2D eigenvalue weighted by molar-refractivity contribution is 7.99. The fourth-order valence-corrected chi connectivity index (χ4v) is 2.38. The molecule has 0 bridgehead atoms. The van der Waals surface area contributed by atoms with Gasteiger partial charge in [0.05, 0.1) is 4.90 Å². The Bertz CT molecular complexity index is 538. The zero-order valence-corrected chi connectivity index (χ0v) is 10.7. The van der Waals surface area contributed by atoms with Crippen molar-refractivity contribution in [1.29, 1.82) is 0 Å². The Labute approximate surface area is 109 Å². The molecule has 94 valence electrons. The smallest absolute Gasteiger partial charge is 0.137 e. The van der Waals surface area contributed by atoms with Gasteiger partial charge in [0.1, 0.15) is 11.6 Å². The molecule has 1 atom stereocenters. The van der Waals surface area contributed by atoms with Crippen LogP contribution in [0.15, 0.2) is 52.3 Å². The number of halogens is 2. The average Bonchev–Trinajstić information content (AvgIpc) is 2.34. The molecule has 2 rings (SSSR count). The average molecular weight is 265 g/mol. The third kappa shape index (κ3) is 3.09. The number of nitrogens with two attached hydrogens (primary N) is 1. The van der Waals surface area contributed by atoms with Crippen molar-refractivity contribution in [2.75, 3.05) is 0 Å². The van der Waals surface area contributed by atoms with Crippen LogP contribution in [0.3, 0.4) is 0 Å². The summed E-state index contributed by atoms with van der Waals surface area (Å²) in [5.41, 5.74) is 6.76. The quantitative estimate of drug-likeness (QED) is 0.902. The van der Waals surface area contributed by atoms with Crippen LogP contribution < -0.4 is 5.73 Å². The van der Waals surface area contributed by atoms with Gasteiger partial charge in [0, 0.05) is 10.9 Å². The highest BCUT2D eigenvalue weighted by Gasteiger charge is 2.06. The fraction of sp³-hybridized carbons (Fsp3) is 0.143. The van der Waals surface area contributed by atoms with Crippen molar-refractivity contribution in [3.63, 3.8) is 0 Å². The topological polar surface area (TPSA) is 26.0 Å². The van der Waals surface area contributed by atoms with Gasteiger partial charge >= 0.3 is 0 Å². The molecule has 0 unspecified atom stereocenters. The molecule has 0 aliphatic heterocycles. The van der Waals surface area contributed by atoms with Crippen LogP contribution in [-0.2, 0) is 0 Å². The molecule has 0 amide bonds. The standard InChI is InChI=1S/C14H13F2NS/c1-9(17)10-2-5-12(6-3-10)18-14-8-11(15)4-7-13(14)16/h2-9H,17H2,1H3/t9-/m1/s1. The van der Waals surface area contributed by atoms with E-state index in [0.717, 1.165) is 22.6 Å². The van der Waals surface area contributed by atoms with Crippen LogP contribution in [0.2, 0.25) is 0 Å². The first kappa shape index (κ1) is 13.1. The number of hydrogen-bond donors (Lipinski definition) is 1. The molecule has 2 aromatic rings. The summed E-state index contributed by atoms with van der Waals surface area (Å²) in [6, 6.07) is 10.9. The van der Waals surface area contributed by atoms with Crippen LogP contribution in [0.5, 0.6) is 0 Å². The lowest BCUT2D eigenvalue weighted by atomic mass is 10.1. The first-order valence-electron chi connectivity index (χ1n) is 5.54. The van der Waals surface area contributed by atoms with E-state index in [0.29, 0.717) is 0 Å². The molecule has 1 nitrogen and oxygen atoms in total. The van der Waals surface area contributed by atoms with E-state index < -0.39 is 11.6 Å². The predicted octanol–water partition coefficient (Wildman–Crippen LogP) is 4.14. The molecule has 0 heterocycles. The SMILES string of the molecule is C[C@@H](N)c1ccc(Sc2cc(F)ccc2F)cc1. The second-order valence-corrected chi connectivity index (χ2v) is 5.15. The maximum atomic E-state index is 13.5. The van der Waals surface area contributed by atoms with E-state index >= 15 is 0 Å². The Morgan fingerprint density at radius 3 is 2.33 bits per heavy atom. The minimum atomic E-state index is -0.439. The Hall–Kier alpha value is -1.39. The number of hydrogen-bond acceptors (Lipinski definition) is 2. The van der Waals surface area contributed by atoms with Crippen molar-refractivity contribution in [2.24, 2.45) is 5.73 Å². The normalized spacial score (nSPS) is 12.4. The summed E-state index contributed by atoms with van der Waals surface area (Å²) in [5, 5.41) is 0. The maximum Gasteiger partial charge on any atom is 0.137 e. The highest BCUT2D eigenvalue weighted by atomic mass is 32.2. The lowest BCUT2D eigenvalue weighted by Gasteiger charge is -2.07. The van der Waals surface area contributed by atoms with Crippen molar-refractivity contribution >= 4 is 11.8 Å². The molecule has 0 spiro atoms. The molecule has 0 aliphatic rings. The zero-order valence-electron chi connectivity index (χ0n) is 9.86. The van der Waals surface area contributed by atoms with Crippen LogP contribution in [0.1, 0.15) is 18.5 Å². The summed E-state index contributed by atoms with van der Waals surface area (Å²) in [6.45, 7) is 1.90. The molecule has 0 aromatic heterocycles. The summed E-state index contributed by atoms with van der Waals surface area (Å²) in [7, 11) is 0. The van der Waals surface area contributed by atoms with Gasteiger partial charge in [-0.2, -0.15) is 0 Å². The van der Waals surface area contributed by atoms with Gasteiger partial charge < -0.3 is 5.73 Å². The summed E-state index contributed by atoms with van der Waals surface area (Å²) in [5.74, 6) is -0.858. The Morgan fingerprint density at radius 2 is 1.72 bits per heavy atom. The van der Waals surface area contributed by atoms with E-state index in [-0.39, 0.29) is 10.9 Å². The first-order valence-corrected chi connectivity index (χ1v) is 6.36. The van der Waals surface area contributed by atoms with Gasteiger partial charge in [-0.25, -0.2) is 8.78 Å². The number of rotatable bonds is 3. The fourth-order valence-electron chi connectivity index (χ4n) is 1.52. The zero-order chi connectivity index (χ0) is 13.1. The monoisotopic (exact) mass is 265 g/mol. The Kier molecular flexibility index (Phi) is 3.99. The van der Waals surface area contributed by atoms with Gasteiger partial charge in [-0.15, -0.1) is 0 Å². The molecule has 0 fully saturated rings. The predicted molar refractivity (Wildman–Crippen MR) is 69.5 cm³/mol. The van der Waals surface area contributed by atoms with E-state index in [1.54, 1.807) is 0 Å². The Morgan fingerprint density at radius 1 is 1.06 bits per heavy atom. The van der Waals surface area contributed by atoms with Gasteiger partial charge in [0.15, 0.2) is 0 Å². The van der Waals surface area contributed by atoms with Gasteiger partial charge in [-0.05, 0) is 42.8 Å². The molecule has 2 aromatic carbocycles. The van der Waals surface area contributed by atoms with Crippen LogP contribution in [0.4, 0.5) is 8.78 Å². The third-order valence-corrected chi connectivity index (χ3v) is 3.57. The maximum absolute atomic E-state index is 13.5. The second kappa shape index (κ2) is 5.50. The first-order chi connectivity index (χ1) is 8.56. The van der Waals surface area contributed by atoms with Gasteiger partial charge in [0.2, 0.25) is 0 Å². The van der Waals surface area contributed by atoms with E-state index in [4.69, 9.17) is 5.73 Å². The summed E-state index contributed by atoms with van der Waals surface area (Å²) >= 11 is 1.19. The van der Waals surface area contributed by atoms with Crippen LogP contribution in [-0.4, -0.2) is 0 Å². The van der Waals surface area contributed by atoms with E-state index in [2.05, 4.69) is 0 Å². The molecule has 0 saturated heterocycles. The Balaban J connectivity index is 2.21. The molecule has 0 radical (unpaired) electrons. The minimum absolute atomic E-state index is 0.0324. The third-order valence-electron chi connectivity index (χ3n) is 2.53. The van der Waals surface area contributed by atoms with Crippen molar-refractivity contribution in [3.8, 4) is 0 Å². The van der Waals surface area contributed by atoms with Crippen molar-refractivity contribution < 1.29 is 8.78 Å². The molecular weight excluding hydrogens is 252 g/mol. The van der Waals surface area contributed by atoms with Gasteiger partial charge in [-0.3, -0.25) is 0 Å². The molecule has 18 heavy (non-hydrogen) atoms. The largest absolute Gasteiger partial charge is 0.324 e. The van der Waals surface area contributed by atoms with Gasteiger partial charge in [0.25, 0.3) is 0 Å². The molecule has 0 aliphatic carbocycles. The van der Waals surface area contributed by atoms with Gasteiger partial charge in [-0.1, -0.05) is 23.9 Å². The van der Waals surface area contributed by atoms with E-state index in [1.807, 2.05) is 31.2 Å². The van der Waals surface area contributed by atoms with Crippen molar-refractivity contribution in [2.45, 2.75) is 22.8 Å². The van der Waals surface area contributed by atoms with Crippen molar-refractivity contribution in [3.05, 3.63) is 59.7 Å². The molecule has 2 N–H and O–H groups in total. The second-order valence-electron chi connectivity index (χ2n) is 4.03. The van der Waals surface area contributed by atoms with E-state index in [9.17, 15) is 8.78 Å². The van der Waals surface area contributed by atoms with Crippen LogP contribution in [0.25, 0.3) is 0 Å². The van der Waals surface area contributed by atoms with E-state index in [1.165, 1.54) is 17.8 Å². The summed E-state index contributed by atoms with van der Waals surface area (Å²) < 4.78 is 26.5. The lowest BCUT2D eigenvalue weighted by Crippen LogP contribution is -2.04. The lowest BCUT2D eigenvalue weighted by molar-refractivity contribution is 0.577. The number of benzene rings is 2. The van der Waals surface area contributed by atoms with Crippen molar-refractivity contribution in [1.82, 2.24) is 0 Å². The summed E-state index contributed by atoms with van der Waals surface area (Å²) in [4.78, 5) is 1.13. The van der Waals surface area contributed by atoms with Crippen LogP contribution in [0, 0.1) is 11.6 Å². The summed E-state index contributed by atoms with van der Waals surface area (Å²) in [6.07, 6.45) is 0.